The first-order chi connectivity index (χ1) is 9.43. The average molecular weight is 302 g/mol. The molecule has 1 aromatic rings. The predicted octanol–water partition coefficient (Wildman–Crippen LogP) is 0.259. The van der Waals surface area contributed by atoms with E-state index in [-0.39, 0.29) is 23.4 Å². The Kier molecular flexibility index (Phi) is 4.44. The first kappa shape index (κ1) is 15.0. The van der Waals surface area contributed by atoms with E-state index in [1.807, 2.05) is 0 Å². The van der Waals surface area contributed by atoms with Gasteiger partial charge in [-0.25, -0.2) is 13.4 Å². The van der Waals surface area contributed by atoms with Gasteiger partial charge in [-0.15, -0.1) is 0 Å². The van der Waals surface area contributed by atoms with Gasteiger partial charge in [0.25, 0.3) is 5.89 Å². The molecule has 1 fully saturated rings. The number of nitrogens with zero attached hydrogens (tertiary/aromatic N) is 2. The highest BCUT2D eigenvalue weighted by Crippen LogP contribution is 2.20. The average Bonchev–Trinajstić information content (AvgIpc) is 2.96. The molecule has 1 aromatic heterocycles. The molecule has 0 saturated carbocycles. The molecule has 1 saturated heterocycles. The highest BCUT2D eigenvalue weighted by molar-refractivity contribution is 7.91. The van der Waals surface area contributed by atoms with Crippen LogP contribution >= 0.6 is 0 Å². The molecule has 112 valence electrons. The van der Waals surface area contributed by atoms with E-state index in [2.05, 4.69) is 4.98 Å². The lowest BCUT2D eigenvalue weighted by atomic mass is 10.2. The van der Waals surface area contributed by atoms with Crippen LogP contribution in [0.25, 0.3) is 0 Å². The van der Waals surface area contributed by atoms with Gasteiger partial charge in [-0.2, -0.15) is 0 Å². The smallest absolute Gasteiger partial charge is 0.310 e. The highest BCUT2D eigenvalue weighted by atomic mass is 32.2. The summed E-state index contributed by atoms with van der Waals surface area (Å²) in [5.74, 6) is 0.237. The Balaban J connectivity index is 2.17. The third-order valence-corrected chi connectivity index (χ3v) is 5.00. The summed E-state index contributed by atoms with van der Waals surface area (Å²) in [4.78, 5) is 17.8. The van der Waals surface area contributed by atoms with Crippen molar-refractivity contribution in [3.63, 3.8) is 0 Å². The minimum atomic E-state index is -3.06. The van der Waals surface area contributed by atoms with E-state index in [1.165, 1.54) is 18.2 Å². The number of aromatic nitrogens is 1. The van der Waals surface area contributed by atoms with Gasteiger partial charge in [-0.1, -0.05) is 0 Å². The highest BCUT2D eigenvalue weighted by Gasteiger charge is 2.36. The number of oxazole rings is 1. The molecular formula is C12H18N2O5S. The van der Waals surface area contributed by atoms with Crippen LogP contribution in [0.1, 0.15) is 22.9 Å². The van der Waals surface area contributed by atoms with E-state index in [1.54, 1.807) is 6.92 Å². The Morgan fingerprint density at radius 1 is 1.60 bits per heavy atom. The molecule has 7 nitrogen and oxygen atoms in total. The standard InChI is InChI=1S/C12H18N2O5S/c1-9-7-13-11(19-9)12(15)14(4-5-18-2)10-3-6-20(16,17)8-10/h7,10H,3-6,8H2,1-2H3. The lowest BCUT2D eigenvalue weighted by molar-refractivity contribution is 0.0584. The molecule has 1 aliphatic heterocycles. The molecule has 2 heterocycles. The van der Waals surface area contributed by atoms with Crippen molar-refractivity contribution in [3.05, 3.63) is 17.8 Å². The number of methoxy groups -OCH3 is 1. The predicted molar refractivity (Wildman–Crippen MR) is 71.2 cm³/mol. The van der Waals surface area contributed by atoms with Gasteiger partial charge < -0.3 is 14.1 Å². The van der Waals surface area contributed by atoms with E-state index in [4.69, 9.17) is 9.15 Å². The Morgan fingerprint density at radius 2 is 2.35 bits per heavy atom. The summed E-state index contributed by atoms with van der Waals surface area (Å²) in [5.41, 5.74) is 0. The fourth-order valence-corrected chi connectivity index (χ4v) is 3.97. The third kappa shape index (κ3) is 3.37. The van der Waals surface area contributed by atoms with E-state index in [0.29, 0.717) is 25.3 Å². The lowest BCUT2D eigenvalue weighted by Crippen LogP contribution is -2.43. The zero-order valence-electron chi connectivity index (χ0n) is 11.5. The summed E-state index contributed by atoms with van der Waals surface area (Å²) in [6.45, 7) is 2.35. The Bertz CT molecular complexity index is 580. The molecule has 1 atom stereocenters. The molecule has 0 spiro atoms. The van der Waals surface area contributed by atoms with Crippen LogP contribution in [-0.4, -0.2) is 62.0 Å². The molecule has 1 aliphatic rings. The van der Waals surface area contributed by atoms with Crippen molar-refractivity contribution in [1.82, 2.24) is 9.88 Å². The zero-order valence-corrected chi connectivity index (χ0v) is 12.4. The summed E-state index contributed by atoms with van der Waals surface area (Å²) in [5, 5.41) is 0. The molecular weight excluding hydrogens is 284 g/mol. The quantitative estimate of drug-likeness (QED) is 0.775. The van der Waals surface area contributed by atoms with E-state index >= 15 is 0 Å². The molecule has 1 unspecified atom stereocenters. The maximum Gasteiger partial charge on any atom is 0.310 e. The van der Waals surface area contributed by atoms with Crippen molar-refractivity contribution >= 4 is 15.7 Å². The van der Waals surface area contributed by atoms with Crippen molar-refractivity contribution in [2.45, 2.75) is 19.4 Å². The Labute approximate surface area is 117 Å². The molecule has 8 heteroatoms. The van der Waals surface area contributed by atoms with Crippen LogP contribution in [0.15, 0.2) is 10.6 Å². The third-order valence-electron chi connectivity index (χ3n) is 3.25. The number of hydrogen-bond acceptors (Lipinski definition) is 6. The second-order valence-electron chi connectivity index (χ2n) is 4.82. The van der Waals surface area contributed by atoms with Crippen LogP contribution in [0, 0.1) is 6.92 Å². The van der Waals surface area contributed by atoms with Gasteiger partial charge in [0, 0.05) is 19.7 Å². The normalized spacial score (nSPS) is 21.0. The largest absolute Gasteiger partial charge is 0.438 e. The van der Waals surface area contributed by atoms with E-state index < -0.39 is 15.7 Å². The second-order valence-corrected chi connectivity index (χ2v) is 7.05. The number of carbonyl (C=O) groups is 1. The van der Waals surface area contributed by atoms with Crippen LogP contribution in [0.3, 0.4) is 0 Å². The summed E-state index contributed by atoms with van der Waals surface area (Å²) in [7, 11) is -1.53. The molecule has 0 N–H and O–H groups in total. The fraction of sp³-hybridized carbons (Fsp3) is 0.667. The van der Waals surface area contributed by atoms with Crippen LogP contribution < -0.4 is 0 Å². The van der Waals surface area contributed by atoms with Crippen molar-refractivity contribution < 1.29 is 22.4 Å². The van der Waals surface area contributed by atoms with Crippen molar-refractivity contribution in [2.24, 2.45) is 0 Å². The van der Waals surface area contributed by atoms with Crippen molar-refractivity contribution in [2.75, 3.05) is 31.8 Å². The molecule has 1 amide bonds. The summed E-state index contributed by atoms with van der Waals surface area (Å²) in [6.07, 6.45) is 1.91. The summed E-state index contributed by atoms with van der Waals surface area (Å²) in [6, 6.07) is -0.338. The van der Waals surface area contributed by atoms with Crippen molar-refractivity contribution in [3.8, 4) is 0 Å². The van der Waals surface area contributed by atoms with Gasteiger partial charge in [-0.3, -0.25) is 4.79 Å². The topological polar surface area (TPSA) is 89.7 Å². The number of aryl methyl sites for hydroxylation is 1. The number of ether oxygens (including phenoxy) is 1. The van der Waals surface area contributed by atoms with Crippen LogP contribution in [-0.2, 0) is 14.6 Å². The fourth-order valence-electron chi connectivity index (χ4n) is 2.24. The van der Waals surface area contributed by atoms with Gasteiger partial charge in [0.2, 0.25) is 0 Å². The van der Waals surface area contributed by atoms with Gasteiger partial charge in [0.1, 0.15) is 5.76 Å². The van der Waals surface area contributed by atoms with Crippen molar-refractivity contribution in [1.29, 1.82) is 0 Å². The molecule has 20 heavy (non-hydrogen) atoms. The maximum atomic E-state index is 12.4. The van der Waals surface area contributed by atoms with Gasteiger partial charge in [0.15, 0.2) is 9.84 Å². The SMILES string of the molecule is COCCN(C(=O)c1ncc(C)o1)C1CCS(=O)(=O)C1. The number of hydrogen-bond donors (Lipinski definition) is 0. The van der Waals surface area contributed by atoms with E-state index in [9.17, 15) is 13.2 Å². The van der Waals surface area contributed by atoms with Gasteiger partial charge in [-0.05, 0) is 13.3 Å². The number of amides is 1. The minimum Gasteiger partial charge on any atom is -0.438 e. The van der Waals surface area contributed by atoms with Gasteiger partial charge >= 0.3 is 5.91 Å². The number of rotatable bonds is 5. The summed E-state index contributed by atoms with van der Waals surface area (Å²) < 4.78 is 33.4. The first-order valence-corrected chi connectivity index (χ1v) is 8.18. The monoisotopic (exact) mass is 302 g/mol. The van der Waals surface area contributed by atoms with Crippen LogP contribution in [0.4, 0.5) is 0 Å². The zero-order chi connectivity index (χ0) is 14.8. The Morgan fingerprint density at radius 3 is 2.85 bits per heavy atom. The molecule has 0 bridgehead atoms. The number of sulfone groups is 1. The first-order valence-electron chi connectivity index (χ1n) is 6.35. The molecule has 0 radical (unpaired) electrons. The molecule has 0 aliphatic carbocycles. The summed E-state index contributed by atoms with van der Waals surface area (Å²) >= 11 is 0. The molecule has 2 rings (SSSR count). The van der Waals surface area contributed by atoms with Crippen LogP contribution in [0.2, 0.25) is 0 Å². The number of carbonyl (C=O) groups excluding carboxylic acids is 1. The van der Waals surface area contributed by atoms with Crippen LogP contribution in [0.5, 0.6) is 0 Å². The van der Waals surface area contributed by atoms with Gasteiger partial charge in [0.05, 0.1) is 24.3 Å². The Hall–Kier alpha value is -1.41. The molecule has 0 aromatic carbocycles. The lowest BCUT2D eigenvalue weighted by Gasteiger charge is -2.26. The second kappa shape index (κ2) is 5.92. The minimum absolute atomic E-state index is 0.0112. The maximum absolute atomic E-state index is 12.4. The van der Waals surface area contributed by atoms with E-state index in [0.717, 1.165) is 0 Å².